The minimum absolute atomic E-state index is 0.00500. The summed E-state index contributed by atoms with van der Waals surface area (Å²) in [4.78, 5) is 24.6. The lowest BCUT2D eigenvalue weighted by Crippen LogP contribution is -2.10. The number of benzene rings is 4. The van der Waals surface area contributed by atoms with Crippen LogP contribution in [0.1, 0.15) is 32.6 Å². The lowest BCUT2D eigenvalue weighted by molar-refractivity contribution is -0.136. The van der Waals surface area contributed by atoms with Crippen molar-refractivity contribution in [2.45, 2.75) is 52.2 Å². The highest BCUT2D eigenvalue weighted by molar-refractivity contribution is 7.91. The molecule has 4 aromatic rings. The summed E-state index contributed by atoms with van der Waals surface area (Å²) in [6.07, 6.45) is 0.755. The van der Waals surface area contributed by atoms with Gasteiger partial charge in [0.1, 0.15) is 23.0 Å². The summed E-state index contributed by atoms with van der Waals surface area (Å²) in [5, 5.41) is 9.37. The molecule has 4 rings (SSSR count). The second-order valence-electron chi connectivity index (χ2n) is 9.50. The molecule has 0 saturated heterocycles. The number of aromatic hydroxyl groups is 1. The molecule has 1 N–H and O–H groups in total. The summed E-state index contributed by atoms with van der Waals surface area (Å²) in [6, 6.07) is 22.2. The van der Waals surface area contributed by atoms with Crippen LogP contribution in [0.15, 0.2) is 117 Å². The number of phenolic OH excluding ortho intramolecular Hbond substituents is 1. The van der Waals surface area contributed by atoms with E-state index in [2.05, 4.69) is 0 Å². The molecule has 0 amide bonds. The lowest BCUT2D eigenvalue weighted by atomic mass is 10.2. The number of carbonyl (C=O) groups excluding carboxylic acids is 2. The Morgan fingerprint density at radius 1 is 0.545 bits per heavy atom. The zero-order valence-electron chi connectivity index (χ0n) is 23.7. The Labute approximate surface area is 255 Å². The molecule has 0 atom stereocenters. The third-order valence-corrected chi connectivity index (χ3v) is 9.91. The van der Waals surface area contributed by atoms with Crippen molar-refractivity contribution in [2.75, 3.05) is 6.61 Å². The van der Waals surface area contributed by atoms with Crippen molar-refractivity contribution in [3.05, 3.63) is 97.1 Å². The van der Waals surface area contributed by atoms with Gasteiger partial charge in [0.2, 0.25) is 19.7 Å². The Bertz CT molecular complexity index is 1800. The SMILES string of the molecule is CCOc1ccc(S(=O)(=O)c2ccc(OC(=O)CCCCC(=O)Oc3ccc(S(=O)(=O)c4ccc(O)cc4)cc3)cc2)cc1. The Balaban J connectivity index is 1.20. The number of carbonyl (C=O) groups is 2. The minimum atomic E-state index is -3.80. The number of ether oxygens (including phenoxy) is 3. The van der Waals surface area contributed by atoms with Crippen LogP contribution in [0.5, 0.6) is 23.0 Å². The van der Waals surface area contributed by atoms with Crippen molar-refractivity contribution in [2.24, 2.45) is 0 Å². The van der Waals surface area contributed by atoms with Gasteiger partial charge in [-0.1, -0.05) is 0 Å². The van der Waals surface area contributed by atoms with E-state index in [-0.39, 0.29) is 49.7 Å². The quantitative estimate of drug-likeness (QED) is 0.113. The van der Waals surface area contributed by atoms with Gasteiger partial charge in [-0.05, 0) is 117 Å². The molecule has 0 aliphatic carbocycles. The first-order valence-corrected chi connectivity index (χ1v) is 16.6. The van der Waals surface area contributed by atoms with Crippen LogP contribution in [0.25, 0.3) is 0 Å². The van der Waals surface area contributed by atoms with Gasteiger partial charge in [-0.25, -0.2) is 16.8 Å². The van der Waals surface area contributed by atoms with Gasteiger partial charge in [0.05, 0.1) is 26.2 Å². The normalized spacial score (nSPS) is 11.5. The Kier molecular flexibility index (Phi) is 10.4. The minimum Gasteiger partial charge on any atom is -0.508 e. The first kappa shape index (κ1) is 32.2. The van der Waals surface area contributed by atoms with Crippen LogP contribution in [-0.4, -0.2) is 40.5 Å². The highest BCUT2D eigenvalue weighted by Gasteiger charge is 2.19. The molecule has 0 fully saturated rings. The molecule has 0 heterocycles. The van der Waals surface area contributed by atoms with Crippen molar-refractivity contribution >= 4 is 31.6 Å². The van der Waals surface area contributed by atoms with Crippen molar-refractivity contribution < 1.29 is 45.7 Å². The Morgan fingerprint density at radius 2 is 0.864 bits per heavy atom. The number of hydrogen-bond donors (Lipinski definition) is 1. The van der Waals surface area contributed by atoms with Gasteiger partial charge in [0.25, 0.3) is 0 Å². The van der Waals surface area contributed by atoms with Crippen molar-refractivity contribution in [3.8, 4) is 23.0 Å². The molecular formula is C32H30O10S2. The van der Waals surface area contributed by atoms with Crippen molar-refractivity contribution in [3.63, 3.8) is 0 Å². The maximum absolute atomic E-state index is 12.9. The molecule has 0 unspecified atom stereocenters. The molecule has 4 aromatic carbocycles. The summed E-state index contributed by atoms with van der Waals surface area (Å²) < 4.78 is 67.0. The Morgan fingerprint density at radius 3 is 1.20 bits per heavy atom. The predicted molar refractivity (Wildman–Crippen MR) is 159 cm³/mol. The van der Waals surface area contributed by atoms with E-state index in [1.54, 1.807) is 12.1 Å². The van der Waals surface area contributed by atoms with Crippen LogP contribution in [0.3, 0.4) is 0 Å². The monoisotopic (exact) mass is 638 g/mol. The van der Waals surface area contributed by atoms with Crippen molar-refractivity contribution in [1.82, 2.24) is 0 Å². The molecule has 0 aromatic heterocycles. The predicted octanol–water partition coefficient (Wildman–Crippen LogP) is 5.53. The third kappa shape index (κ3) is 8.23. The highest BCUT2D eigenvalue weighted by atomic mass is 32.2. The number of sulfone groups is 2. The van der Waals surface area contributed by atoms with E-state index in [0.29, 0.717) is 25.2 Å². The Hall–Kier alpha value is -4.68. The largest absolute Gasteiger partial charge is 0.508 e. The molecule has 0 saturated carbocycles. The van der Waals surface area contributed by atoms with E-state index in [0.717, 1.165) is 0 Å². The molecule has 0 bridgehead atoms. The molecular weight excluding hydrogens is 608 g/mol. The second kappa shape index (κ2) is 14.2. The highest BCUT2D eigenvalue weighted by Crippen LogP contribution is 2.26. The van der Waals surface area contributed by atoms with Gasteiger partial charge in [-0.3, -0.25) is 9.59 Å². The van der Waals surface area contributed by atoms with E-state index < -0.39 is 31.6 Å². The van der Waals surface area contributed by atoms with Crippen LogP contribution in [-0.2, 0) is 29.3 Å². The number of unbranched alkanes of at least 4 members (excludes halogenated alkanes) is 1. The third-order valence-electron chi connectivity index (χ3n) is 6.34. The molecule has 0 aliphatic rings. The van der Waals surface area contributed by atoms with Crippen LogP contribution in [0.4, 0.5) is 0 Å². The first-order valence-electron chi connectivity index (χ1n) is 13.6. The second-order valence-corrected chi connectivity index (χ2v) is 13.4. The van der Waals surface area contributed by atoms with Gasteiger partial charge in [-0.2, -0.15) is 0 Å². The van der Waals surface area contributed by atoms with Gasteiger partial charge in [-0.15, -0.1) is 0 Å². The number of esters is 2. The fraction of sp³-hybridized carbons (Fsp3) is 0.188. The smallest absolute Gasteiger partial charge is 0.311 e. The summed E-state index contributed by atoms with van der Waals surface area (Å²) in [6.45, 7) is 2.30. The fourth-order valence-corrected chi connectivity index (χ4v) is 6.58. The van der Waals surface area contributed by atoms with Crippen molar-refractivity contribution in [1.29, 1.82) is 0 Å². The van der Waals surface area contributed by atoms with Gasteiger partial charge in [0, 0.05) is 12.8 Å². The number of rotatable bonds is 13. The van der Waals surface area contributed by atoms with Gasteiger partial charge in [0.15, 0.2) is 0 Å². The number of hydrogen-bond acceptors (Lipinski definition) is 10. The zero-order valence-corrected chi connectivity index (χ0v) is 25.3. The van der Waals surface area contributed by atoms with E-state index in [1.165, 1.54) is 84.9 Å². The zero-order chi connectivity index (χ0) is 31.7. The molecule has 230 valence electrons. The van der Waals surface area contributed by atoms with Crippen LogP contribution < -0.4 is 14.2 Å². The van der Waals surface area contributed by atoms with Crippen LogP contribution in [0, 0.1) is 0 Å². The average Bonchev–Trinajstić information content (AvgIpc) is 3.00. The fourth-order valence-electron chi connectivity index (χ4n) is 4.06. The van der Waals surface area contributed by atoms with Gasteiger partial charge >= 0.3 is 11.9 Å². The molecule has 0 radical (unpaired) electrons. The molecule has 0 aliphatic heterocycles. The van der Waals surface area contributed by atoms with Crippen LogP contribution >= 0.6 is 0 Å². The summed E-state index contributed by atoms with van der Waals surface area (Å²) in [5.41, 5.74) is 0. The lowest BCUT2D eigenvalue weighted by Gasteiger charge is -2.08. The number of phenols is 1. The standard InChI is InChI=1S/C32H30O10S2/c1-2-40-24-9-17-28(18-10-24)44(38,39)30-21-13-26(14-22-30)42-32(35)6-4-3-5-31(34)41-25-11-19-29(20-12-25)43(36,37)27-15-7-23(33)8-16-27/h7-22,33H,2-6H2,1H3. The summed E-state index contributed by atoms with van der Waals surface area (Å²) >= 11 is 0. The first-order chi connectivity index (χ1) is 21.0. The maximum atomic E-state index is 12.9. The topological polar surface area (TPSA) is 150 Å². The van der Waals surface area contributed by atoms with E-state index in [9.17, 15) is 31.5 Å². The van der Waals surface area contributed by atoms with E-state index in [1.807, 2.05) is 6.92 Å². The summed E-state index contributed by atoms with van der Waals surface area (Å²) in [5.74, 6) is -0.200. The molecule has 44 heavy (non-hydrogen) atoms. The molecule has 0 spiro atoms. The molecule has 12 heteroatoms. The van der Waals surface area contributed by atoms with Gasteiger partial charge < -0.3 is 19.3 Å². The van der Waals surface area contributed by atoms with Crippen LogP contribution in [0.2, 0.25) is 0 Å². The van der Waals surface area contributed by atoms with E-state index >= 15 is 0 Å². The summed E-state index contributed by atoms with van der Waals surface area (Å²) in [7, 11) is -7.56. The maximum Gasteiger partial charge on any atom is 0.311 e. The molecule has 10 nitrogen and oxygen atoms in total. The van der Waals surface area contributed by atoms with E-state index in [4.69, 9.17) is 14.2 Å². The average molecular weight is 639 g/mol.